The number of benzene rings is 2. The van der Waals surface area contributed by atoms with Gasteiger partial charge in [0.2, 0.25) is 0 Å². The molecule has 4 nitrogen and oxygen atoms in total. The summed E-state index contributed by atoms with van der Waals surface area (Å²) in [7, 11) is 0. The summed E-state index contributed by atoms with van der Waals surface area (Å²) in [6, 6.07) is 13.8. The Morgan fingerprint density at radius 3 is 2.43 bits per heavy atom. The number of imide groups is 1. The van der Waals surface area contributed by atoms with Crippen LogP contribution >= 0.6 is 12.8 Å². The molecule has 6 heteroatoms. The summed E-state index contributed by atoms with van der Waals surface area (Å²) in [5.41, 5.74) is 1.58. The molecule has 1 unspecified atom stereocenters. The van der Waals surface area contributed by atoms with Crippen molar-refractivity contribution >= 4 is 24.8 Å². The van der Waals surface area contributed by atoms with E-state index in [1.54, 1.807) is 39.0 Å². The third-order valence-electron chi connectivity index (χ3n) is 4.88. The standard InChI is InChI=1S/C22H25FNO3S/c1-22(2,3)27-21(26)24(28)17(12-13-20(24)25)14-15-8-10-16(11-9-15)18-6-4-5-7-19(18)23/h4-11,17,28H,12-14H2,1-3H3/q+1/t17-,24?/m0/s1. The normalized spacial score (nSPS) is 22.3. The first kappa shape index (κ1) is 20.6. The van der Waals surface area contributed by atoms with Crippen LogP contribution in [0.2, 0.25) is 0 Å². The fraction of sp³-hybridized carbons (Fsp3) is 0.364. The molecule has 1 fully saturated rings. The fourth-order valence-electron chi connectivity index (χ4n) is 3.46. The van der Waals surface area contributed by atoms with Crippen LogP contribution in [0.3, 0.4) is 0 Å². The third-order valence-corrected chi connectivity index (χ3v) is 5.60. The molecule has 0 saturated carbocycles. The molecular weight excluding hydrogens is 377 g/mol. The molecule has 1 saturated heterocycles. The van der Waals surface area contributed by atoms with Crippen molar-refractivity contribution in [2.45, 2.75) is 51.7 Å². The first-order valence-corrected chi connectivity index (χ1v) is 9.73. The zero-order chi connectivity index (χ0) is 20.5. The second-order valence-corrected chi connectivity index (χ2v) is 8.76. The quantitative estimate of drug-likeness (QED) is 0.558. The zero-order valence-electron chi connectivity index (χ0n) is 16.3. The Labute approximate surface area is 170 Å². The van der Waals surface area contributed by atoms with Gasteiger partial charge in [0.1, 0.15) is 17.5 Å². The third kappa shape index (κ3) is 4.13. The van der Waals surface area contributed by atoms with Crippen molar-refractivity contribution in [3.05, 3.63) is 59.9 Å². The van der Waals surface area contributed by atoms with E-state index in [9.17, 15) is 14.0 Å². The van der Waals surface area contributed by atoms with Crippen LogP contribution in [0.15, 0.2) is 48.5 Å². The minimum Gasteiger partial charge on any atom is -0.413 e. The molecule has 0 radical (unpaired) electrons. The molecule has 148 valence electrons. The molecule has 2 aromatic rings. The van der Waals surface area contributed by atoms with Gasteiger partial charge in [-0.3, -0.25) is 0 Å². The van der Waals surface area contributed by atoms with E-state index in [0.717, 1.165) is 11.1 Å². The Balaban J connectivity index is 1.79. The zero-order valence-corrected chi connectivity index (χ0v) is 17.2. The summed E-state index contributed by atoms with van der Waals surface area (Å²) in [5, 5.41) is 0. The molecule has 2 amide bonds. The van der Waals surface area contributed by atoms with Crippen molar-refractivity contribution in [1.29, 1.82) is 0 Å². The van der Waals surface area contributed by atoms with E-state index in [1.165, 1.54) is 6.07 Å². The van der Waals surface area contributed by atoms with Gasteiger partial charge in [-0.15, -0.1) is 0 Å². The van der Waals surface area contributed by atoms with Gasteiger partial charge in [-0.1, -0.05) is 46.4 Å². The van der Waals surface area contributed by atoms with E-state index >= 15 is 0 Å². The number of rotatable bonds is 3. The average Bonchev–Trinajstić information content (AvgIpc) is 2.91. The summed E-state index contributed by atoms with van der Waals surface area (Å²) in [6.07, 6.45) is 0.731. The van der Waals surface area contributed by atoms with Gasteiger partial charge >= 0.3 is 12.0 Å². The molecule has 0 aromatic heterocycles. The number of thiol groups is 1. The van der Waals surface area contributed by atoms with Gasteiger partial charge in [0.25, 0.3) is 0 Å². The molecule has 0 spiro atoms. The number of carbonyl (C=O) groups is 2. The van der Waals surface area contributed by atoms with Crippen LogP contribution in [0.25, 0.3) is 11.1 Å². The van der Waals surface area contributed by atoms with Gasteiger partial charge in [-0.05, 0) is 38.0 Å². The molecule has 1 heterocycles. The Morgan fingerprint density at radius 2 is 1.82 bits per heavy atom. The number of hydrogen-bond acceptors (Lipinski definition) is 4. The van der Waals surface area contributed by atoms with Crippen LogP contribution in [0.1, 0.15) is 39.2 Å². The molecular formula is C22H25FNO3S+. The predicted octanol–water partition coefficient (Wildman–Crippen LogP) is 5.32. The molecule has 1 aliphatic heterocycles. The van der Waals surface area contributed by atoms with Gasteiger partial charge in [-0.25, -0.2) is 9.18 Å². The van der Waals surface area contributed by atoms with Crippen molar-refractivity contribution < 1.29 is 22.6 Å². The van der Waals surface area contributed by atoms with Gasteiger partial charge in [-0.2, -0.15) is 4.79 Å². The van der Waals surface area contributed by atoms with E-state index in [2.05, 4.69) is 12.8 Å². The van der Waals surface area contributed by atoms with Crippen molar-refractivity contribution in [1.82, 2.24) is 0 Å². The lowest BCUT2D eigenvalue weighted by Crippen LogP contribution is -2.53. The van der Waals surface area contributed by atoms with E-state index in [-0.39, 0.29) is 17.8 Å². The van der Waals surface area contributed by atoms with Crippen molar-refractivity contribution in [3.63, 3.8) is 0 Å². The molecule has 28 heavy (non-hydrogen) atoms. The van der Waals surface area contributed by atoms with E-state index in [1.807, 2.05) is 24.3 Å². The Morgan fingerprint density at radius 1 is 1.18 bits per heavy atom. The number of halogens is 1. The number of amides is 2. The predicted molar refractivity (Wildman–Crippen MR) is 109 cm³/mol. The lowest BCUT2D eigenvalue weighted by molar-refractivity contribution is -0.658. The molecule has 3 rings (SSSR count). The Hall–Kier alpha value is -2.18. The van der Waals surface area contributed by atoms with Crippen LogP contribution in [0, 0.1) is 5.82 Å². The van der Waals surface area contributed by atoms with Crippen LogP contribution in [0.5, 0.6) is 0 Å². The lowest BCUT2D eigenvalue weighted by atomic mass is 9.99. The van der Waals surface area contributed by atoms with E-state index in [0.29, 0.717) is 24.8 Å². The maximum atomic E-state index is 14.0. The second kappa shape index (κ2) is 7.68. The second-order valence-electron chi connectivity index (χ2n) is 8.13. The van der Waals surface area contributed by atoms with Crippen LogP contribution in [-0.4, -0.2) is 27.5 Å². The fourth-order valence-corrected chi connectivity index (χ4v) is 3.79. The number of likely N-dealkylation sites (tertiary alicyclic amines) is 1. The van der Waals surface area contributed by atoms with E-state index in [4.69, 9.17) is 4.74 Å². The smallest absolute Gasteiger partial charge is 0.413 e. The number of carbonyl (C=O) groups excluding carboxylic acids is 2. The minimum absolute atomic E-state index is 0.245. The largest absolute Gasteiger partial charge is 0.536 e. The van der Waals surface area contributed by atoms with Crippen molar-refractivity contribution in [3.8, 4) is 11.1 Å². The monoisotopic (exact) mass is 402 g/mol. The maximum Gasteiger partial charge on any atom is 0.536 e. The molecule has 0 aliphatic carbocycles. The first-order valence-electron chi connectivity index (χ1n) is 9.33. The summed E-state index contributed by atoms with van der Waals surface area (Å²) in [5.74, 6) is -0.516. The average molecular weight is 403 g/mol. The van der Waals surface area contributed by atoms with Crippen LogP contribution < -0.4 is 0 Å². The van der Waals surface area contributed by atoms with Gasteiger partial charge in [0, 0.05) is 18.4 Å². The Bertz CT molecular complexity index is 891. The number of ether oxygens (including phenoxy) is 1. The summed E-state index contributed by atoms with van der Waals surface area (Å²) >= 11 is 4.46. The highest BCUT2D eigenvalue weighted by Crippen LogP contribution is 2.36. The highest BCUT2D eigenvalue weighted by molar-refractivity contribution is 7.75. The van der Waals surface area contributed by atoms with Gasteiger partial charge < -0.3 is 4.74 Å². The van der Waals surface area contributed by atoms with Crippen LogP contribution in [0.4, 0.5) is 9.18 Å². The molecule has 0 N–H and O–H groups in total. The minimum atomic E-state index is -0.695. The topological polar surface area (TPSA) is 43.4 Å². The lowest BCUT2D eigenvalue weighted by Gasteiger charge is -2.30. The Kier molecular flexibility index (Phi) is 5.64. The highest BCUT2D eigenvalue weighted by Gasteiger charge is 2.56. The number of hydrogen-bond donors (Lipinski definition) is 1. The van der Waals surface area contributed by atoms with Gasteiger partial charge in [0.05, 0.1) is 19.2 Å². The first-order chi connectivity index (χ1) is 13.1. The van der Waals surface area contributed by atoms with E-state index < -0.39 is 15.6 Å². The molecule has 0 bridgehead atoms. The highest BCUT2D eigenvalue weighted by atomic mass is 32.1. The SMILES string of the molecule is CC(C)(C)OC(=O)[N+]1(S)C(=O)CC[C@H]1Cc1ccc(-c2ccccc2F)cc1. The molecule has 1 aliphatic rings. The molecule has 2 aromatic carbocycles. The van der Waals surface area contributed by atoms with Crippen molar-refractivity contribution in [2.24, 2.45) is 0 Å². The summed E-state index contributed by atoms with van der Waals surface area (Å²) in [6.45, 7) is 5.30. The maximum absolute atomic E-state index is 14.0. The number of nitrogens with zero attached hydrogens (tertiary/aromatic N) is 1. The van der Waals surface area contributed by atoms with Crippen molar-refractivity contribution in [2.75, 3.05) is 0 Å². The molecule has 2 atom stereocenters. The van der Waals surface area contributed by atoms with Crippen LogP contribution in [-0.2, 0) is 16.0 Å². The summed E-state index contributed by atoms with van der Waals surface area (Å²) in [4.78, 5) is 25.1. The summed E-state index contributed by atoms with van der Waals surface area (Å²) < 4.78 is 18.8. The number of quaternary nitrogens is 1. The van der Waals surface area contributed by atoms with Gasteiger partial charge in [0.15, 0.2) is 0 Å².